The van der Waals surface area contributed by atoms with Crippen molar-refractivity contribution in [3.63, 3.8) is 0 Å². The van der Waals surface area contributed by atoms with Crippen molar-refractivity contribution in [1.29, 1.82) is 0 Å². The lowest BCUT2D eigenvalue weighted by Gasteiger charge is -2.34. The first-order chi connectivity index (χ1) is 13.0. The van der Waals surface area contributed by atoms with E-state index in [2.05, 4.69) is 30.5 Å². The minimum absolute atomic E-state index is 0.0892. The minimum Gasteiger partial charge on any atom is -0.352 e. The second kappa shape index (κ2) is 6.78. The smallest absolute Gasteiger partial charge is 0.276 e. The predicted octanol–water partition coefficient (Wildman–Crippen LogP) is 0.370. The number of hydrogen-bond acceptors (Lipinski definition) is 7. The van der Waals surface area contributed by atoms with Crippen LogP contribution in [0.1, 0.15) is 21.9 Å². The number of aromatic nitrogens is 7. The highest BCUT2D eigenvalue weighted by molar-refractivity contribution is 5.92. The molecule has 10 heteroatoms. The second-order valence-electron chi connectivity index (χ2n) is 6.65. The Labute approximate surface area is 156 Å². The summed E-state index contributed by atoms with van der Waals surface area (Å²) in [4.78, 5) is 16.4. The molecule has 4 heterocycles. The van der Waals surface area contributed by atoms with Crippen LogP contribution in [0.5, 0.6) is 0 Å². The number of hydrogen-bond donors (Lipinski definition) is 0. The number of nitrogens with zero attached hydrogens (tertiary/aromatic N) is 9. The molecule has 10 nitrogen and oxygen atoms in total. The van der Waals surface area contributed by atoms with E-state index >= 15 is 0 Å². The van der Waals surface area contributed by atoms with Gasteiger partial charge in [0.05, 0.1) is 11.9 Å². The van der Waals surface area contributed by atoms with Crippen LogP contribution in [-0.4, -0.2) is 72.0 Å². The predicted molar refractivity (Wildman–Crippen MR) is 97.7 cm³/mol. The fraction of sp³-hybridized carbons (Fsp3) is 0.412. The van der Waals surface area contributed by atoms with Gasteiger partial charge >= 0.3 is 0 Å². The minimum atomic E-state index is -0.0892. The van der Waals surface area contributed by atoms with Gasteiger partial charge in [0.1, 0.15) is 0 Å². The number of rotatable bonds is 3. The fourth-order valence-corrected chi connectivity index (χ4v) is 3.21. The third-order valence-corrected chi connectivity index (χ3v) is 4.58. The van der Waals surface area contributed by atoms with Gasteiger partial charge < -0.3 is 9.80 Å². The Morgan fingerprint density at radius 2 is 1.70 bits per heavy atom. The molecule has 1 fully saturated rings. The molecule has 3 aromatic heterocycles. The topological polar surface area (TPSA) is 97.9 Å². The Hall–Kier alpha value is -3.30. The van der Waals surface area contributed by atoms with Crippen molar-refractivity contribution in [3.8, 4) is 5.82 Å². The van der Waals surface area contributed by atoms with Gasteiger partial charge in [-0.2, -0.15) is 5.10 Å². The van der Waals surface area contributed by atoms with Gasteiger partial charge in [0.2, 0.25) is 0 Å². The van der Waals surface area contributed by atoms with Gasteiger partial charge in [-0.3, -0.25) is 9.48 Å². The quantitative estimate of drug-likeness (QED) is 0.660. The Morgan fingerprint density at radius 1 is 1.00 bits per heavy atom. The summed E-state index contributed by atoms with van der Waals surface area (Å²) < 4.78 is 3.31. The molecule has 0 aliphatic carbocycles. The van der Waals surface area contributed by atoms with E-state index in [-0.39, 0.29) is 5.91 Å². The molecule has 1 aliphatic heterocycles. The number of piperazine rings is 1. The highest BCUT2D eigenvalue weighted by Crippen LogP contribution is 2.16. The van der Waals surface area contributed by atoms with Crippen molar-refractivity contribution < 1.29 is 4.79 Å². The van der Waals surface area contributed by atoms with Gasteiger partial charge in [-0.05, 0) is 32.0 Å². The van der Waals surface area contributed by atoms with E-state index in [9.17, 15) is 4.79 Å². The van der Waals surface area contributed by atoms with Crippen molar-refractivity contribution in [2.75, 3.05) is 31.1 Å². The lowest BCUT2D eigenvalue weighted by Crippen LogP contribution is -2.49. The Bertz CT molecular complexity index is 951. The monoisotopic (exact) mass is 367 g/mol. The molecule has 0 radical (unpaired) electrons. The summed E-state index contributed by atoms with van der Waals surface area (Å²) in [7, 11) is 1.75. The zero-order valence-corrected chi connectivity index (χ0v) is 15.6. The molecule has 1 saturated heterocycles. The van der Waals surface area contributed by atoms with Crippen LogP contribution in [0.25, 0.3) is 5.82 Å². The van der Waals surface area contributed by atoms with Crippen LogP contribution >= 0.6 is 0 Å². The van der Waals surface area contributed by atoms with Crippen LogP contribution < -0.4 is 4.90 Å². The lowest BCUT2D eigenvalue weighted by atomic mass is 10.3. The van der Waals surface area contributed by atoms with Crippen LogP contribution in [0.3, 0.4) is 0 Å². The summed E-state index contributed by atoms with van der Waals surface area (Å²) in [6, 6.07) is 5.86. The summed E-state index contributed by atoms with van der Waals surface area (Å²) in [5, 5.41) is 20.8. The summed E-state index contributed by atoms with van der Waals surface area (Å²) in [5.41, 5.74) is 2.34. The maximum absolute atomic E-state index is 12.4. The van der Waals surface area contributed by atoms with Crippen LogP contribution in [0.4, 0.5) is 5.82 Å². The zero-order valence-electron chi connectivity index (χ0n) is 15.6. The van der Waals surface area contributed by atoms with Crippen molar-refractivity contribution in [3.05, 3.63) is 41.5 Å². The number of anilines is 1. The van der Waals surface area contributed by atoms with Gasteiger partial charge in [-0.15, -0.1) is 15.3 Å². The van der Waals surface area contributed by atoms with Crippen molar-refractivity contribution in [2.24, 2.45) is 7.05 Å². The first-order valence-corrected chi connectivity index (χ1v) is 8.79. The number of carbonyl (C=O) groups is 1. The molecule has 27 heavy (non-hydrogen) atoms. The Morgan fingerprint density at radius 3 is 2.26 bits per heavy atom. The highest BCUT2D eigenvalue weighted by Gasteiger charge is 2.24. The Kier molecular flexibility index (Phi) is 4.30. The van der Waals surface area contributed by atoms with Crippen molar-refractivity contribution in [2.45, 2.75) is 13.8 Å². The molecule has 0 atom stereocenters. The van der Waals surface area contributed by atoms with Gasteiger partial charge in [-0.25, -0.2) is 4.68 Å². The molecular formula is C17H21N9O. The van der Waals surface area contributed by atoms with Crippen LogP contribution in [-0.2, 0) is 7.05 Å². The number of amides is 1. The molecule has 0 saturated carbocycles. The first kappa shape index (κ1) is 17.1. The van der Waals surface area contributed by atoms with Crippen molar-refractivity contribution >= 4 is 11.7 Å². The molecule has 0 bridgehead atoms. The third kappa shape index (κ3) is 3.37. The number of aryl methyl sites for hydroxylation is 3. The van der Waals surface area contributed by atoms with Gasteiger partial charge in [0, 0.05) is 38.9 Å². The molecule has 0 N–H and O–H groups in total. The Balaban J connectivity index is 1.41. The fourth-order valence-electron chi connectivity index (χ4n) is 3.21. The van der Waals surface area contributed by atoms with Crippen LogP contribution in [0.2, 0.25) is 0 Å². The summed E-state index contributed by atoms with van der Waals surface area (Å²) in [6.07, 6.45) is 1.64. The summed E-state index contributed by atoms with van der Waals surface area (Å²) in [6.45, 7) is 6.54. The normalized spacial score (nSPS) is 14.6. The van der Waals surface area contributed by atoms with E-state index in [1.54, 1.807) is 22.8 Å². The molecule has 1 amide bonds. The summed E-state index contributed by atoms with van der Waals surface area (Å²) in [5.74, 6) is 1.40. The van der Waals surface area contributed by atoms with E-state index in [4.69, 9.17) is 0 Å². The SMILES string of the molecule is Cc1cc(C)n(-c2ccc(N3CCN(C(=O)c4cn(C)nn4)CC3)nn2)n1. The third-order valence-electron chi connectivity index (χ3n) is 4.58. The zero-order chi connectivity index (χ0) is 19.0. The molecule has 0 spiro atoms. The van der Waals surface area contributed by atoms with E-state index in [1.807, 2.05) is 32.0 Å². The van der Waals surface area contributed by atoms with Crippen LogP contribution in [0, 0.1) is 13.8 Å². The molecule has 0 unspecified atom stereocenters. The average Bonchev–Trinajstić information content (AvgIpc) is 3.26. The van der Waals surface area contributed by atoms with E-state index in [0.29, 0.717) is 37.7 Å². The van der Waals surface area contributed by atoms with Crippen molar-refractivity contribution in [1.82, 2.24) is 39.9 Å². The first-order valence-electron chi connectivity index (χ1n) is 8.79. The van der Waals surface area contributed by atoms with Crippen LogP contribution in [0.15, 0.2) is 24.4 Å². The van der Waals surface area contributed by atoms with E-state index < -0.39 is 0 Å². The van der Waals surface area contributed by atoms with E-state index in [0.717, 1.165) is 17.2 Å². The second-order valence-corrected chi connectivity index (χ2v) is 6.65. The highest BCUT2D eigenvalue weighted by atomic mass is 16.2. The lowest BCUT2D eigenvalue weighted by molar-refractivity contribution is 0.0740. The molecule has 1 aliphatic rings. The van der Waals surface area contributed by atoms with Gasteiger partial charge in [0.15, 0.2) is 17.3 Å². The number of carbonyl (C=O) groups excluding carboxylic acids is 1. The molecular weight excluding hydrogens is 346 g/mol. The average molecular weight is 367 g/mol. The van der Waals surface area contributed by atoms with Gasteiger partial charge in [-0.1, -0.05) is 5.21 Å². The molecule has 3 aromatic rings. The standard InChI is InChI=1S/C17H21N9O/c1-12-10-13(2)26(21-12)16-5-4-15(19-20-16)24-6-8-25(9-7-24)17(27)14-11-23(3)22-18-14/h4-5,10-11H,6-9H2,1-3H3. The summed E-state index contributed by atoms with van der Waals surface area (Å²) >= 11 is 0. The maximum atomic E-state index is 12.4. The maximum Gasteiger partial charge on any atom is 0.276 e. The van der Waals surface area contributed by atoms with E-state index in [1.165, 1.54) is 4.68 Å². The molecule has 4 rings (SSSR count). The molecule has 140 valence electrons. The van der Waals surface area contributed by atoms with Gasteiger partial charge in [0.25, 0.3) is 5.91 Å². The largest absolute Gasteiger partial charge is 0.352 e. The molecule has 0 aromatic carbocycles.